The molecule has 0 aromatic heterocycles. The Hall–Kier alpha value is -1.95. The predicted octanol–water partition coefficient (Wildman–Crippen LogP) is 4.02. The van der Waals surface area contributed by atoms with E-state index in [1.807, 2.05) is 0 Å². The van der Waals surface area contributed by atoms with Crippen molar-refractivity contribution in [3.63, 3.8) is 0 Å². The molecule has 1 N–H and O–H groups in total. The Bertz CT molecular complexity index is 680. The Labute approximate surface area is 145 Å². The third-order valence-corrected chi connectivity index (χ3v) is 5.45. The van der Waals surface area contributed by atoms with Crippen LogP contribution in [0.3, 0.4) is 0 Å². The lowest BCUT2D eigenvalue weighted by Gasteiger charge is -2.25. The van der Waals surface area contributed by atoms with Crippen LogP contribution in [0.25, 0.3) is 6.08 Å². The number of carbonyl (C=O) groups excluding carboxylic acids is 2. The van der Waals surface area contributed by atoms with Gasteiger partial charge in [0.25, 0.3) is 11.1 Å². The monoisotopic (exact) mass is 347 g/mol. The molecule has 2 fully saturated rings. The molecule has 1 saturated heterocycles. The van der Waals surface area contributed by atoms with Gasteiger partial charge in [-0.2, -0.15) is 0 Å². The highest BCUT2D eigenvalue weighted by Gasteiger charge is 2.36. The molecular weight excluding hydrogens is 326 g/mol. The van der Waals surface area contributed by atoms with E-state index in [0.29, 0.717) is 28.7 Å². The average Bonchev–Trinajstić information content (AvgIpc) is 2.84. The number of carbonyl (C=O) groups is 2. The molecule has 1 aliphatic carbocycles. The molecule has 0 unspecified atom stereocenters. The first kappa shape index (κ1) is 16.9. The zero-order valence-electron chi connectivity index (χ0n) is 13.7. The predicted molar refractivity (Wildman–Crippen MR) is 93.9 cm³/mol. The number of imide groups is 1. The van der Waals surface area contributed by atoms with Crippen LogP contribution in [0.4, 0.5) is 4.79 Å². The minimum atomic E-state index is -0.231. The summed E-state index contributed by atoms with van der Waals surface area (Å²) in [5, 5.41) is 9.63. The molecular formula is C18H21NO4S. The molecule has 6 heteroatoms. The number of rotatable bonds is 4. The lowest BCUT2D eigenvalue weighted by Crippen LogP contribution is -2.34. The third-order valence-electron chi connectivity index (χ3n) is 4.54. The number of ether oxygens (including phenoxy) is 1. The van der Waals surface area contributed by atoms with Crippen molar-refractivity contribution in [2.75, 3.05) is 13.7 Å². The number of methoxy groups -OCH3 is 1. The van der Waals surface area contributed by atoms with E-state index < -0.39 is 0 Å². The minimum Gasteiger partial charge on any atom is -0.504 e. The molecule has 2 amide bonds. The highest BCUT2D eigenvalue weighted by molar-refractivity contribution is 8.18. The van der Waals surface area contributed by atoms with Gasteiger partial charge in [-0.25, -0.2) is 0 Å². The quantitative estimate of drug-likeness (QED) is 0.833. The van der Waals surface area contributed by atoms with E-state index in [9.17, 15) is 14.7 Å². The summed E-state index contributed by atoms with van der Waals surface area (Å²) in [5.74, 6) is 0.577. The number of thioether (sulfide) groups is 1. The number of aromatic hydroxyl groups is 1. The van der Waals surface area contributed by atoms with Crippen LogP contribution in [0.5, 0.6) is 11.5 Å². The summed E-state index contributed by atoms with van der Waals surface area (Å²) in [6.07, 6.45) is 7.44. The van der Waals surface area contributed by atoms with Gasteiger partial charge in [-0.1, -0.05) is 25.3 Å². The van der Waals surface area contributed by atoms with Crippen molar-refractivity contribution < 1.29 is 19.4 Å². The maximum absolute atomic E-state index is 12.5. The molecule has 0 atom stereocenters. The Morgan fingerprint density at radius 1 is 1.29 bits per heavy atom. The molecule has 1 heterocycles. The lowest BCUT2D eigenvalue weighted by molar-refractivity contribution is -0.123. The van der Waals surface area contributed by atoms with Crippen molar-refractivity contribution >= 4 is 29.0 Å². The summed E-state index contributed by atoms with van der Waals surface area (Å²) in [7, 11) is 1.48. The van der Waals surface area contributed by atoms with Crippen LogP contribution in [0.1, 0.15) is 37.7 Å². The van der Waals surface area contributed by atoms with Gasteiger partial charge in [0.15, 0.2) is 11.5 Å². The number of phenols is 1. The Morgan fingerprint density at radius 2 is 2.04 bits per heavy atom. The van der Waals surface area contributed by atoms with Crippen LogP contribution < -0.4 is 4.74 Å². The largest absolute Gasteiger partial charge is 0.504 e. The van der Waals surface area contributed by atoms with Crippen LogP contribution >= 0.6 is 11.8 Å². The van der Waals surface area contributed by atoms with Gasteiger partial charge in [0.1, 0.15) is 0 Å². The number of phenolic OH excluding ortho intramolecular Hbond substituents is 1. The fraction of sp³-hybridized carbons (Fsp3) is 0.444. The van der Waals surface area contributed by atoms with E-state index in [1.54, 1.807) is 18.2 Å². The van der Waals surface area contributed by atoms with Crippen LogP contribution in [-0.2, 0) is 4.79 Å². The number of hydrogen-bond acceptors (Lipinski definition) is 5. The van der Waals surface area contributed by atoms with Gasteiger partial charge < -0.3 is 9.84 Å². The van der Waals surface area contributed by atoms with Gasteiger partial charge in [-0.05, 0) is 54.3 Å². The molecule has 1 aromatic carbocycles. The maximum atomic E-state index is 12.5. The second-order valence-corrected chi connectivity index (χ2v) is 7.22. The van der Waals surface area contributed by atoms with E-state index in [0.717, 1.165) is 24.6 Å². The van der Waals surface area contributed by atoms with Crippen LogP contribution in [0.2, 0.25) is 0 Å². The van der Waals surface area contributed by atoms with Gasteiger partial charge in [-0.15, -0.1) is 0 Å². The van der Waals surface area contributed by atoms with Crippen molar-refractivity contribution in [1.82, 2.24) is 4.90 Å². The van der Waals surface area contributed by atoms with Crippen molar-refractivity contribution in [3.05, 3.63) is 28.7 Å². The van der Waals surface area contributed by atoms with E-state index in [1.165, 1.54) is 37.3 Å². The number of benzene rings is 1. The van der Waals surface area contributed by atoms with Crippen LogP contribution in [-0.4, -0.2) is 34.8 Å². The van der Waals surface area contributed by atoms with Gasteiger partial charge >= 0.3 is 0 Å². The Kier molecular flexibility index (Phi) is 5.14. The van der Waals surface area contributed by atoms with Gasteiger partial charge in [-0.3, -0.25) is 14.5 Å². The highest BCUT2D eigenvalue weighted by Crippen LogP contribution is 2.36. The molecule has 1 aromatic rings. The average molecular weight is 347 g/mol. The standard InChI is InChI=1S/C18H21NO4S/c1-23-15-8-7-13(9-14(15)20)10-16-17(21)19(18(22)24-16)11-12-5-3-2-4-6-12/h7-10,12,20H,2-6,11H2,1H3/b16-10+. The molecule has 0 radical (unpaired) electrons. The third kappa shape index (κ3) is 3.59. The van der Waals surface area contributed by atoms with E-state index in [4.69, 9.17) is 4.74 Å². The Morgan fingerprint density at radius 3 is 2.71 bits per heavy atom. The van der Waals surface area contributed by atoms with Gasteiger partial charge in [0.2, 0.25) is 0 Å². The Balaban J connectivity index is 1.74. The zero-order chi connectivity index (χ0) is 17.1. The molecule has 1 saturated carbocycles. The van der Waals surface area contributed by atoms with E-state index >= 15 is 0 Å². The van der Waals surface area contributed by atoms with Gasteiger partial charge in [0, 0.05) is 6.54 Å². The maximum Gasteiger partial charge on any atom is 0.293 e. The van der Waals surface area contributed by atoms with Gasteiger partial charge in [0.05, 0.1) is 12.0 Å². The lowest BCUT2D eigenvalue weighted by atomic mass is 9.89. The first-order valence-electron chi connectivity index (χ1n) is 8.21. The number of amides is 2. The van der Waals surface area contributed by atoms with Crippen molar-refractivity contribution in [2.45, 2.75) is 32.1 Å². The SMILES string of the molecule is COc1ccc(/C=C2/SC(=O)N(CC3CCCCC3)C2=O)cc1O. The summed E-state index contributed by atoms with van der Waals surface area (Å²) in [4.78, 5) is 26.5. The fourth-order valence-electron chi connectivity index (χ4n) is 3.23. The van der Waals surface area contributed by atoms with Crippen molar-refractivity contribution in [1.29, 1.82) is 0 Å². The molecule has 0 bridgehead atoms. The van der Waals surface area contributed by atoms with E-state index in [2.05, 4.69) is 0 Å². The van der Waals surface area contributed by atoms with Crippen molar-refractivity contribution in [2.24, 2.45) is 5.92 Å². The summed E-state index contributed by atoms with van der Waals surface area (Å²) < 4.78 is 5.00. The van der Waals surface area contributed by atoms with Crippen LogP contribution in [0, 0.1) is 5.92 Å². The first-order valence-corrected chi connectivity index (χ1v) is 9.02. The summed E-state index contributed by atoms with van der Waals surface area (Å²) in [6.45, 7) is 0.524. The summed E-state index contributed by atoms with van der Waals surface area (Å²) in [5.41, 5.74) is 0.663. The second kappa shape index (κ2) is 7.30. The van der Waals surface area contributed by atoms with E-state index in [-0.39, 0.29) is 16.9 Å². The van der Waals surface area contributed by atoms with Crippen molar-refractivity contribution in [3.8, 4) is 11.5 Å². The number of hydrogen-bond donors (Lipinski definition) is 1. The summed E-state index contributed by atoms with van der Waals surface area (Å²) >= 11 is 0.967. The minimum absolute atomic E-state index is 0.00711. The fourth-order valence-corrected chi connectivity index (χ4v) is 4.08. The van der Waals surface area contributed by atoms with Crippen LogP contribution in [0.15, 0.2) is 23.1 Å². The zero-order valence-corrected chi connectivity index (χ0v) is 14.5. The first-order chi connectivity index (χ1) is 11.6. The number of nitrogens with zero attached hydrogens (tertiary/aromatic N) is 1. The molecule has 0 spiro atoms. The smallest absolute Gasteiger partial charge is 0.293 e. The normalized spacial score (nSPS) is 20.9. The summed E-state index contributed by atoms with van der Waals surface area (Å²) in [6, 6.07) is 4.90. The topological polar surface area (TPSA) is 66.8 Å². The second-order valence-electron chi connectivity index (χ2n) is 6.23. The molecule has 24 heavy (non-hydrogen) atoms. The molecule has 128 valence electrons. The molecule has 2 aliphatic rings. The highest BCUT2D eigenvalue weighted by atomic mass is 32.2. The molecule has 1 aliphatic heterocycles. The molecule has 5 nitrogen and oxygen atoms in total. The molecule has 3 rings (SSSR count).